The van der Waals surface area contributed by atoms with E-state index in [0.717, 1.165) is 5.69 Å². The van der Waals surface area contributed by atoms with Gasteiger partial charge in [0.05, 0.1) is 11.3 Å². The van der Waals surface area contributed by atoms with Crippen molar-refractivity contribution in [1.82, 2.24) is 0 Å². The van der Waals surface area contributed by atoms with Crippen molar-refractivity contribution in [2.24, 2.45) is 5.92 Å². The summed E-state index contributed by atoms with van der Waals surface area (Å²) in [5, 5.41) is 2.64. The van der Waals surface area contributed by atoms with Crippen molar-refractivity contribution in [3.05, 3.63) is 23.8 Å². The second kappa shape index (κ2) is 4.93. The molecule has 20 heavy (non-hydrogen) atoms. The molecule has 0 saturated heterocycles. The van der Waals surface area contributed by atoms with E-state index in [1.807, 2.05) is 12.1 Å². The molecule has 4 heteroatoms. The van der Waals surface area contributed by atoms with Crippen LogP contribution in [-0.4, -0.2) is 24.8 Å². The van der Waals surface area contributed by atoms with Gasteiger partial charge < -0.3 is 10.2 Å². The van der Waals surface area contributed by atoms with Crippen LogP contribution in [0.3, 0.4) is 0 Å². The van der Waals surface area contributed by atoms with E-state index in [0.29, 0.717) is 23.2 Å². The molecule has 4 nitrogen and oxygen atoms in total. The molecule has 0 radical (unpaired) electrons. The van der Waals surface area contributed by atoms with E-state index in [1.165, 1.54) is 25.7 Å². The maximum atomic E-state index is 11.6. The van der Waals surface area contributed by atoms with Gasteiger partial charge in [0.1, 0.15) is 0 Å². The molecule has 1 saturated carbocycles. The van der Waals surface area contributed by atoms with Crippen molar-refractivity contribution >= 4 is 23.1 Å². The summed E-state index contributed by atoms with van der Waals surface area (Å²) in [4.78, 5) is 25.3. The summed E-state index contributed by atoms with van der Waals surface area (Å²) in [5.74, 6) is -0.274. The van der Waals surface area contributed by atoms with Crippen molar-refractivity contribution in [3.8, 4) is 0 Å². The molecule has 1 aliphatic carbocycles. The lowest BCUT2D eigenvalue weighted by molar-refractivity contribution is -0.112. The SMILES string of the molecule is CC1CCCCC1N(C)c1ccc2c(c1)NC(=O)C2=O. The average Bonchev–Trinajstić information content (AvgIpc) is 2.73. The molecule has 0 bridgehead atoms. The van der Waals surface area contributed by atoms with E-state index in [-0.39, 0.29) is 0 Å². The van der Waals surface area contributed by atoms with Gasteiger partial charge in [0.2, 0.25) is 0 Å². The number of hydrogen-bond acceptors (Lipinski definition) is 3. The molecular formula is C16H20N2O2. The predicted octanol–water partition coefficient (Wildman–Crippen LogP) is 2.84. The lowest BCUT2D eigenvalue weighted by atomic mass is 9.85. The van der Waals surface area contributed by atoms with Gasteiger partial charge in [0.15, 0.2) is 0 Å². The topological polar surface area (TPSA) is 49.4 Å². The van der Waals surface area contributed by atoms with Gasteiger partial charge in [-0.1, -0.05) is 19.8 Å². The highest BCUT2D eigenvalue weighted by Gasteiger charge is 2.30. The first kappa shape index (κ1) is 13.2. The van der Waals surface area contributed by atoms with Gasteiger partial charge in [-0.25, -0.2) is 0 Å². The summed E-state index contributed by atoms with van der Waals surface area (Å²) in [5.41, 5.74) is 2.20. The van der Waals surface area contributed by atoms with Crippen molar-refractivity contribution in [2.75, 3.05) is 17.3 Å². The number of anilines is 2. The summed E-state index contributed by atoms with van der Waals surface area (Å²) in [6.07, 6.45) is 5.08. The highest BCUT2D eigenvalue weighted by molar-refractivity contribution is 6.51. The lowest BCUT2D eigenvalue weighted by Crippen LogP contribution is -2.39. The number of hydrogen-bond donors (Lipinski definition) is 1. The fourth-order valence-electron chi connectivity index (χ4n) is 3.42. The molecule has 1 amide bonds. The van der Waals surface area contributed by atoms with E-state index in [1.54, 1.807) is 6.07 Å². The molecule has 1 aromatic carbocycles. The molecule has 1 N–H and O–H groups in total. The summed E-state index contributed by atoms with van der Waals surface area (Å²) in [6, 6.07) is 6.15. The van der Waals surface area contributed by atoms with Crippen molar-refractivity contribution < 1.29 is 9.59 Å². The molecule has 2 unspecified atom stereocenters. The number of carbonyl (C=O) groups is 2. The molecule has 0 aromatic heterocycles. The van der Waals surface area contributed by atoms with E-state index in [2.05, 4.69) is 24.2 Å². The number of Topliss-reactive ketones (excluding diaryl/α,β-unsaturated/α-hetero) is 1. The molecule has 106 valence electrons. The van der Waals surface area contributed by atoms with E-state index >= 15 is 0 Å². The normalized spacial score (nSPS) is 25.3. The second-order valence-electron chi connectivity index (χ2n) is 5.95. The van der Waals surface area contributed by atoms with Gasteiger partial charge in [-0.2, -0.15) is 0 Å². The van der Waals surface area contributed by atoms with Crippen LogP contribution in [0.4, 0.5) is 11.4 Å². The third-order valence-corrected chi connectivity index (χ3v) is 4.67. The van der Waals surface area contributed by atoms with Gasteiger partial charge in [-0.3, -0.25) is 9.59 Å². The highest BCUT2D eigenvalue weighted by atomic mass is 16.2. The number of nitrogens with one attached hydrogen (secondary N) is 1. The Morgan fingerprint density at radius 1 is 1.20 bits per heavy atom. The first-order chi connectivity index (χ1) is 9.58. The molecule has 1 aromatic rings. The van der Waals surface area contributed by atoms with Crippen LogP contribution in [0.1, 0.15) is 43.0 Å². The fraction of sp³-hybridized carbons (Fsp3) is 0.500. The Bertz CT molecular complexity index is 568. The van der Waals surface area contributed by atoms with Crippen LogP contribution >= 0.6 is 0 Å². The minimum atomic E-state index is -0.522. The Labute approximate surface area is 119 Å². The zero-order chi connectivity index (χ0) is 14.3. The zero-order valence-corrected chi connectivity index (χ0v) is 12.0. The number of fused-ring (bicyclic) bond motifs is 1. The van der Waals surface area contributed by atoms with Crippen LogP contribution in [0.25, 0.3) is 0 Å². The predicted molar refractivity (Wildman–Crippen MR) is 79.2 cm³/mol. The number of amides is 1. The van der Waals surface area contributed by atoms with Gasteiger partial charge in [-0.05, 0) is 37.0 Å². The molecule has 0 spiro atoms. The number of benzene rings is 1. The standard InChI is InChI=1S/C16H20N2O2/c1-10-5-3-4-6-14(10)18(2)11-7-8-12-13(9-11)17-16(20)15(12)19/h7-10,14H,3-6H2,1-2H3,(H,17,19,20). The first-order valence-corrected chi connectivity index (χ1v) is 7.30. The average molecular weight is 272 g/mol. The molecule has 3 rings (SSSR count). The second-order valence-corrected chi connectivity index (χ2v) is 5.95. The Morgan fingerprint density at radius 3 is 2.70 bits per heavy atom. The summed E-state index contributed by atoms with van der Waals surface area (Å²) in [6.45, 7) is 2.30. The first-order valence-electron chi connectivity index (χ1n) is 7.30. The third kappa shape index (κ3) is 2.09. The number of ketones is 1. The van der Waals surface area contributed by atoms with Crippen LogP contribution in [0.5, 0.6) is 0 Å². The highest BCUT2D eigenvalue weighted by Crippen LogP contribution is 2.33. The van der Waals surface area contributed by atoms with Crippen LogP contribution in [-0.2, 0) is 4.79 Å². The van der Waals surface area contributed by atoms with Gasteiger partial charge in [0.25, 0.3) is 11.7 Å². The lowest BCUT2D eigenvalue weighted by Gasteiger charge is -2.37. The van der Waals surface area contributed by atoms with Crippen molar-refractivity contribution in [1.29, 1.82) is 0 Å². The number of nitrogens with zero attached hydrogens (tertiary/aromatic N) is 1. The third-order valence-electron chi connectivity index (χ3n) is 4.67. The Morgan fingerprint density at radius 2 is 1.95 bits per heavy atom. The zero-order valence-electron chi connectivity index (χ0n) is 12.0. The van der Waals surface area contributed by atoms with Gasteiger partial charge in [-0.15, -0.1) is 0 Å². The monoisotopic (exact) mass is 272 g/mol. The van der Waals surface area contributed by atoms with Gasteiger partial charge in [0, 0.05) is 18.8 Å². The quantitative estimate of drug-likeness (QED) is 0.842. The Hall–Kier alpha value is -1.84. The van der Waals surface area contributed by atoms with Crippen molar-refractivity contribution in [2.45, 2.75) is 38.6 Å². The fourth-order valence-corrected chi connectivity index (χ4v) is 3.42. The van der Waals surface area contributed by atoms with Gasteiger partial charge >= 0.3 is 0 Å². The number of carbonyl (C=O) groups excluding carboxylic acids is 2. The Kier molecular flexibility index (Phi) is 3.24. The van der Waals surface area contributed by atoms with Crippen LogP contribution in [0.2, 0.25) is 0 Å². The molecule has 1 heterocycles. The molecule has 2 aliphatic rings. The van der Waals surface area contributed by atoms with Crippen molar-refractivity contribution in [3.63, 3.8) is 0 Å². The summed E-state index contributed by atoms with van der Waals surface area (Å²) >= 11 is 0. The maximum absolute atomic E-state index is 11.6. The van der Waals surface area contributed by atoms with Crippen LogP contribution in [0.15, 0.2) is 18.2 Å². The van der Waals surface area contributed by atoms with E-state index < -0.39 is 11.7 Å². The van der Waals surface area contributed by atoms with E-state index in [9.17, 15) is 9.59 Å². The largest absolute Gasteiger partial charge is 0.371 e. The smallest absolute Gasteiger partial charge is 0.296 e. The van der Waals surface area contributed by atoms with E-state index in [4.69, 9.17) is 0 Å². The molecule has 1 aliphatic heterocycles. The molecule has 1 fully saturated rings. The molecule has 2 atom stereocenters. The minimum Gasteiger partial charge on any atom is -0.371 e. The van der Waals surface area contributed by atoms with Crippen LogP contribution < -0.4 is 10.2 Å². The van der Waals surface area contributed by atoms with Crippen LogP contribution in [0, 0.1) is 5.92 Å². The number of rotatable bonds is 2. The summed E-state index contributed by atoms with van der Waals surface area (Å²) in [7, 11) is 2.10. The Balaban J connectivity index is 1.86. The summed E-state index contributed by atoms with van der Waals surface area (Å²) < 4.78 is 0. The molecular weight excluding hydrogens is 252 g/mol. The minimum absolute atomic E-state index is 0.430. The maximum Gasteiger partial charge on any atom is 0.296 e.